The predicted molar refractivity (Wildman–Crippen MR) is 71.9 cm³/mol. The second kappa shape index (κ2) is 5.27. The van der Waals surface area contributed by atoms with Crippen LogP contribution in [0.4, 0.5) is 0 Å². The van der Waals surface area contributed by atoms with Crippen LogP contribution in [-0.4, -0.2) is 30.1 Å². The molecule has 0 aromatic heterocycles. The molecule has 3 fully saturated rings. The normalized spacial score (nSPS) is 40.4. The van der Waals surface area contributed by atoms with Gasteiger partial charge in [0.2, 0.25) is 0 Å². The van der Waals surface area contributed by atoms with Crippen LogP contribution in [0.5, 0.6) is 0 Å². The van der Waals surface area contributed by atoms with Gasteiger partial charge in [-0.3, -0.25) is 4.90 Å². The van der Waals surface area contributed by atoms with Crippen LogP contribution in [0.3, 0.4) is 0 Å². The average Bonchev–Trinajstić information content (AvgIpc) is 3.23. The third kappa shape index (κ3) is 2.68. The first-order valence-corrected chi connectivity index (χ1v) is 7.84. The van der Waals surface area contributed by atoms with E-state index in [0.717, 1.165) is 24.4 Å². The van der Waals surface area contributed by atoms with Gasteiger partial charge in [0.25, 0.3) is 0 Å². The zero-order chi connectivity index (χ0) is 11.7. The van der Waals surface area contributed by atoms with E-state index in [1.54, 1.807) is 0 Å². The van der Waals surface area contributed by atoms with Crippen molar-refractivity contribution in [3.8, 4) is 0 Å². The first-order valence-electron chi connectivity index (χ1n) is 7.84. The van der Waals surface area contributed by atoms with Gasteiger partial charge in [-0.15, -0.1) is 0 Å². The van der Waals surface area contributed by atoms with Gasteiger partial charge in [0.05, 0.1) is 0 Å². The van der Waals surface area contributed by atoms with Gasteiger partial charge in [-0.25, -0.2) is 0 Å². The summed E-state index contributed by atoms with van der Waals surface area (Å²) in [7, 11) is 0. The molecule has 1 saturated heterocycles. The summed E-state index contributed by atoms with van der Waals surface area (Å²) in [6.45, 7) is 2.20. The highest BCUT2D eigenvalue weighted by Crippen LogP contribution is 2.45. The van der Waals surface area contributed by atoms with Crippen LogP contribution in [0.2, 0.25) is 0 Å². The number of nitrogens with zero attached hydrogens (tertiary/aromatic N) is 1. The zero-order valence-corrected chi connectivity index (χ0v) is 11.1. The summed E-state index contributed by atoms with van der Waals surface area (Å²) in [6, 6.07) is 1.58. The SMILES string of the molecule is NCC1CCCCN1C1CCCC(C2CC2)C1. The van der Waals surface area contributed by atoms with E-state index in [-0.39, 0.29) is 0 Å². The molecule has 0 amide bonds. The fraction of sp³-hybridized carbons (Fsp3) is 1.00. The maximum atomic E-state index is 5.97. The molecule has 2 saturated carbocycles. The van der Waals surface area contributed by atoms with Gasteiger partial charge >= 0.3 is 0 Å². The minimum atomic E-state index is 0.701. The second-order valence-corrected chi connectivity index (χ2v) is 6.54. The molecule has 2 N–H and O–H groups in total. The van der Waals surface area contributed by atoms with Crippen molar-refractivity contribution >= 4 is 0 Å². The Balaban J connectivity index is 1.60. The summed E-state index contributed by atoms with van der Waals surface area (Å²) >= 11 is 0. The smallest absolute Gasteiger partial charge is 0.0221 e. The van der Waals surface area contributed by atoms with Gasteiger partial charge in [-0.05, 0) is 56.9 Å². The van der Waals surface area contributed by atoms with Crippen molar-refractivity contribution in [1.82, 2.24) is 4.90 Å². The molecule has 2 nitrogen and oxygen atoms in total. The van der Waals surface area contributed by atoms with Crippen LogP contribution in [-0.2, 0) is 0 Å². The largest absolute Gasteiger partial charge is 0.329 e. The Morgan fingerprint density at radius 2 is 1.76 bits per heavy atom. The molecular formula is C15H28N2. The minimum absolute atomic E-state index is 0.701. The number of likely N-dealkylation sites (tertiary alicyclic amines) is 1. The Morgan fingerprint density at radius 1 is 0.882 bits per heavy atom. The van der Waals surface area contributed by atoms with Gasteiger partial charge in [-0.1, -0.05) is 19.3 Å². The molecule has 3 rings (SSSR count). The second-order valence-electron chi connectivity index (χ2n) is 6.54. The lowest BCUT2D eigenvalue weighted by molar-refractivity contribution is 0.0584. The van der Waals surface area contributed by atoms with Crippen LogP contribution in [0.25, 0.3) is 0 Å². The summed E-state index contributed by atoms with van der Waals surface area (Å²) in [5.74, 6) is 2.17. The van der Waals surface area contributed by atoms with Crippen LogP contribution >= 0.6 is 0 Å². The van der Waals surface area contributed by atoms with Crippen molar-refractivity contribution in [2.24, 2.45) is 17.6 Å². The fourth-order valence-corrected chi connectivity index (χ4v) is 4.25. The van der Waals surface area contributed by atoms with Gasteiger partial charge in [0.1, 0.15) is 0 Å². The number of rotatable bonds is 3. The number of nitrogens with two attached hydrogens (primary N) is 1. The van der Waals surface area contributed by atoms with E-state index in [2.05, 4.69) is 4.90 Å². The topological polar surface area (TPSA) is 29.3 Å². The first kappa shape index (κ1) is 12.0. The number of hydrogen-bond donors (Lipinski definition) is 1. The highest BCUT2D eigenvalue weighted by Gasteiger charge is 2.37. The average molecular weight is 236 g/mol. The van der Waals surface area contributed by atoms with Crippen molar-refractivity contribution < 1.29 is 0 Å². The predicted octanol–water partition coefficient (Wildman–Crippen LogP) is 2.77. The molecule has 0 radical (unpaired) electrons. The molecule has 98 valence electrons. The van der Waals surface area contributed by atoms with Crippen LogP contribution < -0.4 is 5.73 Å². The molecule has 0 aromatic carbocycles. The Kier molecular flexibility index (Phi) is 3.72. The van der Waals surface area contributed by atoms with Crippen molar-refractivity contribution in [1.29, 1.82) is 0 Å². The van der Waals surface area contributed by atoms with Gasteiger partial charge in [-0.2, -0.15) is 0 Å². The maximum absolute atomic E-state index is 5.97. The lowest BCUT2D eigenvalue weighted by atomic mass is 9.81. The number of hydrogen-bond acceptors (Lipinski definition) is 2. The minimum Gasteiger partial charge on any atom is -0.329 e. The molecule has 17 heavy (non-hydrogen) atoms. The summed E-state index contributed by atoms with van der Waals surface area (Å²) in [6.07, 6.45) is 13.1. The Bertz CT molecular complexity index is 249. The van der Waals surface area contributed by atoms with E-state index in [1.165, 1.54) is 64.3 Å². The highest BCUT2D eigenvalue weighted by molar-refractivity contribution is 4.91. The van der Waals surface area contributed by atoms with E-state index in [1.807, 2.05) is 0 Å². The third-order valence-corrected chi connectivity index (χ3v) is 5.39. The fourth-order valence-electron chi connectivity index (χ4n) is 4.25. The van der Waals surface area contributed by atoms with E-state index in [4.69, 9.17) is 5.73 Å². The molecular weight excluding hydrogens is 208 g/mol. The molecule has 3 unspecified atom stereocenters. The molecule has 0 bridgehead atoms. The summed E-state index contributed by atoms with van der Waals surface area (Å²) < 4.78 is 0. The molecule has 0 spiro atoms. The quantitative estimate of drug-likeness (QED) is 0.816. The lowest BCUT2D eigenvalue weighted by Crippen LogP contribution is -2.51. The van der Waals surface area contributed by atoms with Crippen LogP contribution in [0.15, 0.2) is 0 Å². The first-order chi connectivity index (χ1) is 8.38. The summed E-state index contributed by atoms with van der Waals surface area (Å²) in [4.78, 5) is 2.79. The Labute approximate surface area is 106 Å². The third-order valence-electron chi connectivity index (χ3n) is 5.39. The van der Waals surface area contributed by atoms with E-state index < -0.39 is 0 Å². The molecule has 0 aromatic rings. The molecule has 2 heteroatoms. The van der Waals surface area contributed by atoms with Crippen LogP contribution in [0, 0.1) is 11.8 Å². The molecule has 3 atom stereocenters. The van der Waals surface area contributed by atoms with Gasteiger partial charge in [0, 0.05) is 18.6 Å². The highest BCUT2D eigenvalue weighted by atomic mass is 15.2. The Morgan fingerprint density at radius 3 is 2.53 bits per heavy atom. The van der Waals surface area contributed by atoms with Gasteiger partial charge < -0.3 is 5.73 Å². The Hall–Kier alpha value is -0.0800. The monoisotopic (exact) mass is 236 g/mol. The lowest BCUT2D eigenvalue weighted by Gasteiger charge is -2.44. The van der Waals surface area contributed by atoms with Crippen molar-refractivity contribution in [2.45, 2.75) is 69.9 Å². The molecule has 2 aliphatic carbocycles. The summed E-state index contributed by atoms with van der Waals surface area (Å²) in [5, 5.41) is 0. The van der Waals surface area contributed by atoms with Crippen molar-refractivity contribution in [3.05, 3.63) is 0 Å². The van der Waals surface area contributed by atoms with Crippen LogP contribution in [0.1, 0.15) is 57.8 Å². The van der Waals surface area contributed by atoms with E-state index in [0.29, 0.717) is 6.04 Å². The van der Waals surface area contributed by atoms with Crippen molar-refractivity contribution in [3.63, 3.8) is 0 Å². The van der Waals surface area contributed by atoms with E-state index in [9.17, 15) is 0 Å². The maximum Gasteiger partial charge on any atom is 0.0221 e. The molecule has 1 heterocycles. The van der Waals surface area contributed by atoms with Crippen molar-refractivity contribution in [2.75, 3.05) is 13.1 Å². The molecule has 1 aliphatic heterocycles. The zero-order valence-electron chi connectivity index (χ0n) is 11.1. The summed E-state index contributed by atoms with van der Waals surface area (Å²) in [5.41, 5.74) is 5.97. The standard InChI is InChI=1S/C15H28N2/c16-11-15-5-1-2-9-17(15)14-6-3-4-13(10-14)12-7-8-12/h12-15H,1-11,16H2. The van der Waals surface area contributed by atoms with E-state index >= 15 is 0 Å². The number of piperidine rings is 1. The molecule has 3 aliphatic rings. The van der Waals surface area contributed by atoms with Gasteiger partial charge in [0.15, 0.2) is 0 Å².